The molecule has 3 aromatic rings. The van der Waals surface area contributed by atoms with Gasteiger partial charge in [0, 0.05) is 29.8 Å². The van der Waals surface area contributed by atoms with Gasteiger partial charge < -0.3 is 10.6 Å². The molecule has 0 aliphatic rings. The second-order valence-electron chi connectivity index (χ2n) is 5.18. The maximum atomic E-state index is 12.2. The van der Waals surface area contributed by atoms with Gasteiger partial charge in [-0.2, -0.15) is 0 Å². The molecule has 0 atom stereocenters. The molecule has 2 N–H and O–H groups in total. The van der Waals surface area contributed by atoms with Crippen molar-refractivity contribution in [2.24, 2.45) is 0 Å². The van der Waals surface area contributed by atoms with Gasteiger partial charge in [-0.15, -0.1) is 0 Å². The Bertz CT molecular complexity index is 828. The van der Waals surface area contributed by atoms with Gasteiger partial charge >= 0.3 is 0 Å². The molecule has 0 bridgehead atoms. The molecule has 0 saturated carbocycles. The van der Waals surface area contributed by atoms with Crippen molar-refractivity contribution in [3.05, 3.63) is 65.9 Å². The van der Waals surface area contributed by atoms with Crippen LogP contribution in [0.4, 0.5) is 17.5 Å². The van der Waals surface area contributed by atoms with Crippen molar-refractivity contribution in [1.29, 1.82) is 0 Å². The lowest BCUT2D eigenvalue weighted by Gasteiger charge is -2.07. The number of amides is 1. The summed E-state index contributed by atoms with van der Waals surface area (Å²) in [5, 5.41) is 5.78. The van der Waals surface area contributed by atoms with E-state index in [1.807, 2.05) is 37.3 Å². The summed E-state index contributed by atoms with van der Waals surface area (Å²) >= 11 is 0. The maximum absolute atomic E-state index is 12.2. The molecule has 2 aromatic heterocycles. The molecule has 2 heterocycles. The SMILES string of the molecule is Cc1cc(NC(=O)c2cnc(Nc3ccccc3)nc2)nc(C)n1. The smallest absolute Gasteiger partial charge is 0.259 e. The summed E-state index contributed by atoms with van der Waals surface area (Å²) in [7, 11) is 0. The number of carbonyl (C=O) groups excluding carboxylic acids is 1. The van der Waals surface area contributed by atoms with E-state index in [2.05, 4.69) is 30.6 Å². The van der Waals surface area contributed by atoms with Gasteiger partial charge in [-0.1, -0.05) is 18.2 Å². The number of nitrogens with one attached hydrogen (secondary N) is 2. The van der Waals surface area contributed by atoms with Crippen LogP contribution in [0.5, 0.6) is 0 Å². The normalized spacial score (nSPS) is 10.2. The van der Waals surface area contributed by atoms with Gasteiger partial charge in [0.25, 0.3) is 5.91 Å². The summed E-state index contributed by atoms with van der Waals surface area (Å²) in [6.07, 6.45) is 2.93. The van der Waals surface area contributed by atoms with Crippen LogP contribution in [0.3, 0.4) is 0 Å². The number of hydrogen-bond donors (Lipinski definition) is 2. The second-order valence-corrected chi connectivity index (χ2v) is 5.18. The zero-order valence-electron chi connectivity index (χ0n) is 13.3. The fourth-order valence-corrected chi connectivity index (χ4v) is 2.13. The zero-order chi connectivity index (χ0) is 16.9. The van der Waals surface area contributed by atoms with Crippen LogP contribution in [-0.4, -0.2) is 25.8 Å². The van der Waals surface area contributed by atoms with Gasteiger partial charge in [0.05, 0.1) is 5.56 Å². The monoisotopic (exact) mass is 320 g/mol. The molecular formula is C17H16N6O. The average Bonchev–Trinajstić information content (AvgIpc) is 2.55. The Hall–Kier alpha value is -3.35. The van der Waals surface area contributed by atoms with E-state index in [0.717, 1.165) is 11.4 Å². The summed E-state index contributed by atoms with van der Waals surface area (Å²) in [6.45, 7) is 3.62. The first kappa shape index (κ1) is 15.5. The van der Waals surface area contributed by atoms with Gasteiger partial charge in [0.15, 0.2) is 0 Å². The van der Waals surface area contributed by atoms with Crippen LogP contribution < -0.4 is 10.6 Å². The van der Waals surface area contributed by atoms with Gasteiger partial charge in [0.1, 0.15) is 11.6 Å². The van der Waals surface area contributed by atoms with Crippen molar-refractivity contribution in [3.63, 3.8) is 0 Å². The molecule has 3 rings (SSSR count). The molecule has 120 valence electrons. The van der Waals surface area contributed by atoms with Crippen LogP contribution in [0.15, 0.2) is 48.8 Å². The highest BCUT2D eigenvalue weighted by Gasteiger charge is 2.09. The Morgan fingerprint density at radius 2 is 1.71 bits per heavy atom. The quantitative estimate of drug-likeness (QED) is 0.768. The molecule has 7 nitrogen and oxygen atoms in total. The minimum Gasteiger partial charge on any atom is -0.324 e. The van der Waals surface area contributed by atoms with Gasteiger partial charge in [-0.05, 0) is 26.0 Å². The zero-order valence-corrected chi connectivity index (χ0v) is 13.3. The number of benzene rings is 1. The summed E-state index contributed by atoms with van der Waals surface area (Å²) < 4.78 is 0. The standard InChI is InChI=1S/C17H16N6O/c1-11-8-15(21-12(2)20-11)23-16(24)13-9-18-17(19-10-13)22-14-6-4-3-5-7-14/h3-10H,1-2H3,(H,18,19,22)(H,20,21,23,24). The topological polar surface area (TPSA) is 92.7 Å². The van der Waals surface area contributed by atoms with E-state index < -0.39 is 0 Å². The highest BCUT2D eigenvalue weighted by atomic mass is 16.1. The number of nitrogens with zero attached hydrogens (tertiary/aromatic N) is 4. The van der Waals surface area contributed by atoms with E-state index in [0.29, 0.717) is 23.2 Å². The van der Waals surface area contributed by atoms with E-state index in [4.69, 9.17) is 0 Å². The van der Waals surface area contributed by atoms with Crippen LogP contribution in [0, 0.1) is 13.8 Å². The molecular weight excluding hydrogens is 304 g/mol. The van der Waals surface area contributed by atoms with Gasteiger partial charge in [0.2, 0.25) is 5.95 Å². The third-order valence-electron chi connectivity index (χ3n) is 3.15. The third kappa shape index (κ3) is 3.89. The summed E-state index contributed by atoms with van der Waals surface area (Å²) in [5.74, 6) is 1.16. The predicted octanol–water partition coefficient (Wildman–Crippen LogP) is 2.88. The molecule has 1 amide bonds. The van der Waals surface area contributed by atoms with Crippen molar-refractivity contribution < 1.29 is 4.79 Å². The van der Waals surface area contributed by atoms with E-state index in [1.54, 1.807) is 13.0 Å². The Morgan fingerprint density at radius 1 is 1.00 bits per heavy atom. The van der Waals surface area contributed by atoms with Gasteiger partial charge in [-0.25, -0.2) is 19.9 Å². The van der Waals surface area contributed by atoms with Crippen LogP contribution in [0.2, 0.25) is 0 Å². The molecule has 0 unspecified atom stereocenters. The minimum absolute atomic E-state index is 0.321. The van der Waals surface area contributed by atoms with Crippen molar-refractivity contribution >= 4 is 23.4 Å². The van der Waals surface area contributed by atoms with Crippen LogP contribution in [0.1, 0.15) is 21.9 Å². The lowest BCUT2D eigenvalue weighted by atomic mass is 10.3. The molecule has 0 aliphatic heterocycles. The van der Waals surface area contributed by atoms with E-state index >= 15 is 0 Å². The number of hydrogen-bond acceptors (Lipinski definition) is 6. The molecule has 1 aromatic carbocycles. The Labute approximate surface area is 139 Å². The molecule has 0 spiro atoms. The first-order chi connectivity index (χ1) is 11.6. The van der Waals surface area contributed by atoms with E-state index in [-0.39, 0.29) is 5.91 Å². The van der Waals surface area contributed by atoms with Crippen molar-refractivity contribution in [2.75, 3.05) is 10.6 Å². The van der Waals surface area contributed by atoms with Crippen molar-refractivity contribution in [2.45, 2.75) is 13.8 Å². The van der Waals surface area contributed by atoms with E-state index in [1.165, 1.54) is 12.4 Å². The fourth-order valence-electron chi connectivity index (χ4n) is 2.13. The van der Waals surface area contributed by atoms with Crippen molar-refractivity contribution in [3.8, 4) is 0 Å². The van der Waals surface area contributed by atoms with Crippen molar-refractivity contribution in [1.82, 2.24) is 19.9 Å². The molecule has 7 heteroatoms. The Balaban J connectivity index is 1.69. The fraction of sp³-hybridized carbons (Fsp3) is 0.118. The highest BCUT2D eigenvalue weighted by molar-refractivity contribution is 6.03. The third-order valence-corrected chi connectivity index (χ3v) is 3.15. The lowest BCUT2D eigenvalue weighted by Crippen LogP contribution is -2.14. The Morgan fingerprint density at radius 3 is 2.38 bits per heavy atom. The number of aryl methyl sites for hydroxylation is 2. The number of para-hydroxylation sites is 1. The van der Waals surface area contributed by atoms with Gasteiger partial charge in [-0.3, -0.25) is 4.79 Å². The number of carbonyl (C=O) groups is 1. The maximum Gasteiger partial charge on any atom is 0.259 e. The second kappa shape index (κ2) is 6.82. The number of rotatable bonds is 4. The first-order valence-electron chi connectivity index (χ1n) is 7.38. The van der Waals surface area contributed by atoms with E-state index in [9.17, 15) is 4.79 Å². The van der Waals surface area contributed by atoms with Crippen LogP contribution >= 0.6 is 0 Å². The lowest BCUT2D eigenvalue weighted by molar-refractivity contribution is 0.102. The summed E-state index contributed by atoms with van der Waals surface area (Å²) in [6, 6.07) is 11.3. The van der Waals surface area contributed by atoms with Crippen LogP contribution in [-0.2, 0) is 0 Å². The predicted molar refractivity (Wildman–Crippen MR) is 91.2 cm³/mol. The molecule has 0 saturated heterocycles. The average molecular weight is 320 g/mol. The summed E-state index contributed by atoms with van der Waals surface area (Å²) in [5.41, 5.74) is 2.01. The Kier molecular flexibility index (Phi) is 4.42. The summed E-state index contributed by atoms with van der Waals surface area (Å²) in [4.78, 5) is 28.9. The minimum atomic E-state index is -0.321. The first-order valence-corrected chi connectivity index (χ1v) is 7.38. The molecule has 0 fully saturated rings. The number of anilines is 3. The molecule has 0 aliphatic carbocycles. The number of aromatic nitrogens is 4. The molecule has 0 radical (unpaired) electrons. The highest BCUT2D eigenvalue weighted by Crippen LogP contribution is 2.12. The largest absolute Gasteiger partial charge is 0.324 e. The molecule has 24 heavy (non-hydrogen) atoms. The van der Waals surface area contributed by atoms with Crippen LogP contribution in [0.25, 0.3) is 0 Å².